The van der Waals surface area contributed by atoms with Crippen molar-refractivity contribution in [3.63, 3.8) is 0 Å². The second kappa shape index (κ2) is 5.03. The summed E-state index contributed by atoms with van der Waals surface area (Å²) < 4.78 is 1.15. The molecule has 1 saturated heterocycles. The fourth-order valence-electron chi connectivity index (χ4n) is 1.94. The van der Waals surface area contributed by atoms with Gasteiger partial charge < -0.3 is 15.7 Å². The van der Waals surface area contributed by atoms with Gasteiger partial charge in [0.25, 0.3) is 5.56 Å². The summed E-state index contributed by atoms with van der Waals surface area (Å²) >= 11 is 6.02. The van der Waals surface area contributed by atoms with Crippen molar-refractivity contribution in [3.05, 3.63) is 21.6 Å². The van der Waals surface area contributed by atoms with Crippen molar-refractivity contribution in [3.8, 4) is 0 Å². The summed E-state index contributed by atoms with van der Waals surface area (Å²) in [6, 6.07) is 0.117. The summed E-state index contributed by atoms with van der Waals surface area (Å²) in [5.41, 5.74) is 6.05. The second-order valence-corrected chi connectivity index (χ2v) is 4.47. The van der Waals surface area contributed by atoms with E-state index in [2.05, 4.69) is 5.10 Å². The Morgan fingerprint density at radius 1 is 1.65 bits per heavy atom. The van der Waals surface area contributed by atoms with Crippen molar-refractivity contribution in [2.24, 2.45) is 5.73 Å². The molecule has 0 spiro atoms. The lowest BCUT2D eigenvalue weighted by atomic mass is 10.3. The van der Waals surface area contributed by atoms with E-state index in [1.807, 2.05) is 4.90 Å². The molecule has 1 aliphatic rings. The van der Waals surface area contributed by atoms with Crippen LogP contribution in [0.1, 0.15) is 6.42 Å². The number of anilines is 1. The summed E-state index contributed by atoms with van der Waals surface area (Å²) in [4.78, 5) is 13.8. The largest absolute Gasteiger partial charge is 0.394 e. The van der Waals surface area contributed by atoms with Crippen LogP contribution < -0.4 is 16.2 Å². The molecule has 6 nitrogen and oxygen atoms in total. The summed E-state index contributed by atoms with van der Waals surface area (Å²) in [6.45, 7) is 1.48. The van der Waals surface area contributed by atoms with Crippen molar-refractivity contribution < 1.29 is 5.11 Å². The number of rotatable bonds is 3. The highest BCUT2D eigenvalue weighted by Gasteiger charge is 2.23. The topological polar surface area (TPSA) is 84.4 Å². The Labute approximate surface area is 104 Å². The van der Waals surface area contributed by atoms with E-state index in [1.54, 1.807) is 6.20 Å². The zero-order valence-corrected chi connectivity index (χ0v) is 10.1. The quantitative estimate of drug-likeness (QED) is 0.758. The fraction of sp³-hybridized carbons (Fsp3) is 0.600. The van der Waals surface area contributed by atoms with Gasteiger partial charge in [-0.1, -0.05) is 11.6 Å². The Morgan fingerprint density at radius 3 is 3.00 bits per heavy atom. The molecule has 1 unspecified atom stereocenters. The van der Waals surface area contributed by atoms with E-state index in [1.165, 1.54) is 0 Å². The number of hydrogen-bond donors (Lipinski definition) is 2. The van der Waals surface area contributed by atoms with Crippen LogP contribution in [0.2, 0.25) is 5.02 Å². The highest BCUT2D eigenvalue weighted by molar-refractivity contribution is 6.33. The molecule has 1 aliphatic heterocycles. The molecule has 3 N–H and O–H groups in total. The fourth-order valence-corrected chi connectivity index (χ4v) is 2.20. The van der Waals surface area contributed by atoms with E-state index in [9.17, 15) is 4.79 Å². The van der Waals surface area contributed by atoms with Crippen LogP contribution in [0.25, 0.3) is 0 Å². The second-order valence-electron chi connectivity index (χ2n) is 4.09. The summed E-state index contributed by atoms with van der Waals surface area (Å²) in [5.74, 6) is 0. The molecule has 2 rings (SSSR count). The lowest BCUT2D eigenvalue weighted by molar-refractivity contribution is 0.266. The van der Waals surface area contributed by atoms with Gasteiger partial charge >= 0.3 is 0 Å². The van der Waals surface area contributed by atoms with Gasteiger partial charge in [-0.3, -0.25) is 4.79 Å². The number of aliphatic hydroxyl groups excluding tert-OH is 1. The smallest absolute Gasteiger partial charge is 0.287 e. The van der Waals surface area contributed by atoms with Gasteiger partial charge in [0.2, 0.25) is 0 Å². The molecule has 1 aromatic heterocycles. The third kappa shape index (κ3) is 2.43. The number of halogens is 1. The van der Waals surface area contributed by atoms with Crippen LogP contribution in [-0.4, -0.2) is 40.6 Å². The number of aliphatic hydroxyl groups is 1. The lowest BCUT2D eigenvalue weighted by Crippen LogP contribution is -2.30. The minimum atomic E-state index is -0.376. The SMILES string of the molecule is NC1CCN(c2cnn(CCO)c(=O)c2Cl)C1. The van der Waals surface area contributed by atoms with Crippen LogP contribution in [0.4, 0.5) is 5.69 Å². The van der Waals surface area contributed by atoms with E-state index in [-0.39, 0.29) is 29.8 Å². The van der Waals surface area contributed by atoms with Crippen LogP contribution >= 0.6 is 11.6 Å². The maximum atomic E-state index is 11.8. The molecule has 0 aliphatic carbocycles. The standard InChI is InChI=1S/C10H15ClN4O2/c11-9-8(14-2-1-7(12)6-14)5-13-15(3-4-16)10(9)17/h5,7,16H,1-4,6,12H2. The molecule has 1 atom stereocenters. The monoisotopic (exact) mass is 258 g/mol. The maximum Gasteiger partial charge on any atom is 0.287 e. The first kappa shape index (κ1) is 12.3. The molecule has 17 heavy (non-hydrogen) atoms. The Kier molecular flexibility index (Phi) is 3.66. The molecule has 0 saturated carbocycles. The molecule has 0 amide bonds. The minimum absolute atomic E-state index is 0.117. The number of nitrogens with zero attached hydrogens (tertiary/aromatic N) is 3. The van der Waals surface area contributed by atoms with Crippen LogP contribution in [0, 0.1) is 0 Å². The van der Waals surface area contributed by atoms with Crippen molar-refractivity contribution in [1.82, 2.24) is 9.78 Å². The molecular formula is C10H15ClN4O2. The predicted octanol–water partition coefficient (Wildman–Crippen LogP) is -0.574. The molecule has 1 aromatic rings. The van der Waals surface area contributed by atoms with E-state index in [4.69, 9.17) is 22.4 Å². The lowest BCUT2D eigenvalue weighted by Gasteiger charge is -2.19. The van der Waals surface area contributed by atoms with E-state index in [0.717, 1.165) is 17.6 Å². The Balaban J connectivity index is 2.31. The molecule has 0 bridgehead atoms. The van der Waals surface area contributed by atoms with Gasteiger partial charge in [-0.15, -0.1) is 0 Å². The third-order valence-corrected chi connectivity index (χ3v) is 3.20. The van der Waals surface area contributed by atoms with Gasteiger partial charge in [0.15, 0.2) is 0 Å². The summed E-state index contributed by atoms with van der Waals surface area (Å²) in [6.07, 6.45) is 2.44. The van der Waals surface area contributed by atoms with Crippen LogP contribution in [0.5, 0.6) is 0 Å². The van der Waals surface area contributed by atoms with Gasteiger partial charge in [0.1, 0.15) is 5.02 Å². The number of aromatic nitrogens is 2. The highest BCUT2D eigenvalue weighted by Crippen LogP contribution is 2.24. The highest BCUT2D eigenvalue weighted by atomic mass is 35.5. The van der Waals surface area contributed by atoms with Crippen LogP contribution in [-0.2, 0) is 6.54 Å². The van der Waals surface area contributed by atoms with Crippen molar-refractivity contribution in [2.45, 2.75) is 19.0 Å². The van der Waals surface area contributed by atoms with E-state index >= 15 is 0 Å². The van der Waals surface area contributed by atoms with Gasteiger partial charge in [0, 0.05) is 19.1 Å². The van der Waals surface area contributed by atoms with Crippen LogP contribution in [0.15, 0.2) is 11.0 Å². The Morgan fingerprint density at radius 2 is 2.41 bits per heavy atom. The molecule has 0 radical (unpaired) electrons. The summed E-state index contributed by atoms with van der Waals surface area (Å²) in [7, 11) is 0. The molecule has 0 aromatic carbocycles. The van der Waals surface area contributed by atoms with Gasteiger partial charge in [-0.05, 0) is 6.42 Å². The first-order valence-corrected chi connectivity index (χ1v) is 5.88. The molecule has 7 heteroatoms. The average molecular weight is 259 g/mol. The Bertz CT molecular complexity index is 462. The first-order valence-electron chi connectivity index (χ1n) is 5.50. The Hall–Kier alpha value is -1.11. The molecule has 94 valence electrons. The molecular weight excluding hydrogens is 244 g/mol. The summed E-state index contributed by atoms with van der Waals surface area (Å²) in [5, 5.41) is 12.9. The maximum absolute atomic E-state index is 11.8. The van der Waals surface area contributed by atoms with Crippen LogP contribution in [0.3, 0.4) is 0 Å². The zero-order valence-electron chi connectivity index (χ0n) is 9.34. The minimum Gasteiger partial charge on any atom is -0.394 e. The number of nitrogens with two attached hydrogens (primary N) is 1. The predicted molar refractivity (Wildman–Crippen MR) is 65.4 cm³/mol. The average Bonchev–Trinajstić information content (AvgIpc) is 2.72. The third-order valence-electron chi connectivity index (χ3n) is 2.84. The molecule has 1 fully saturated rings. The van der Waals surface area contributed by atoms with Gasteiger partial charge in [-0.25, -0.2) is 4.68 Å². The van der Waals surface area contributed by atoms with Crippen molar-refractivity contribution in [1.29, 1.82) is 0 Å². The van der Waals surface area contributed by atoms with E-state index in [0.29, 0.717) is 12.2 Å². The van der Waals surface area contributed by atoms with Crippen molar-refractivity contribution >= 4 is 17.3 Å². The van der Waals surface area contributed by atoms with Gasteiger partial charge in [0.05, 0.1) is 25.0 Å². The normalized spacial score (nSPS) is 19.9. The van der Waals surface area contributed by atoms with E-state index < -0.39 is 0 Å². The first-order chi connectivity index (χ1) is 8.13. The zero-order chi connectivity index (χ0) is 12.4. The number of hydrogen-bond acceptors (Lipinski definition) is 5. The van der Waals surface area contributed by atoms with Gasteiger partial charge in [-0.2, -0.15) is 5.10 Å². The van der Waals surface area contributed by atoms with Crippen molar-refractivity contribution in [2.75, 3.05) is 24.6 Å². The molecule has 2 heterocycles.